The summed E-state index contributed by atoms with van der Waals surface area (Å²) in [7, 11) is 0. The molecule has 1 aromatic heterocycles. The van der Waals surface area contributed by atoms with Crippen molar-refractivity contribution >= 4 is 5.95 Å². The lowest BCUT2D eigenvalue weighted by Gasteiger charge is -2.13. The average molecular weight is 181 g/mol. The van der Waals surface area contributed by atoms with E-state index in [2.05, 4.69) is 9.97 Å². The molecule has 0 spiro atoms. The van der Waals surface area contributed by atoms with Crippen molar-refractivity contribution in [2.24, 2.45) is 0 Å². The summed E-state index contributed by atoms with van der Waals surface area (Å²) >= 11 is 0. The van der Waals surface area contributed by atoms with Crippen LogP contribution in [0.3, 0.4) is 0 Å². The second-order valence-corrected chi connectivity index (χ2v) is 3.09. The first-order chi connectivity index (χ1) is 6.27. The smallest absolute Gasteiger partial charge is 0.225 e. The molecule has 0 aromatic carbocycles. The Morgan fingerprint density at radius 3 is 2.23 bits per heavy atom. The largest absolute Gasteiger partial charge is 0.388 e. The Hall–Kier alpha value is -1.20. The van der Waals surface area contributed by atoms with Gasteiger partial charge in [0.15, 0.2) is 0 Å². The van der Waals surface area contributed by atoms with Gasteiger partial charge in [0.1, 0.15) is 0 Å². The highest BCUT2D eigenvalue weighted by atomic mass is 16.3. The van der Waals surface area contributed by atoms with E-state index in [1.807, 2.05) is 0 Å². The SMILES string of the molecule is OC1CN(c2ncccn2)CC1O. The van der Waals surface area contributed by atoms with Crippen LogP contribution in [0.5, 0.6) is 0 Å². The third kappa shape index (κ3) is 1.61. The fourth-order valence-corrected chi connectivity index (χ4v) is 1.39. The van der Waals surface area contributed by atoms with E-state index in [4.69, 9.17) is 0 Å². The summed E-state index contributed by atoms with van der Waals surface area (Å²) in [5.41, 5.74) is 0. The number of hydrogen-bond acceptors (Lipinski definition) is 5. The maximum atomic E-state index is 9.28. The quantitative estimate of drug-likeness (QED) is 0.582. The van der Waals surface area contributed by atoms with Gasteiger partial charge < -0.3 is 15.1 Å². The van der Waals surface area contributed by atoms with Crippen LogP contribution in [0.4, 0.5) is 5.95 Å². The van der Waals surface area contributed by atoms with Crippen LogP contribution in [-0.4, -0.2) is 45.5 Å². The van der Waals surface area contributed by atoms with Crippen molar-refractivity contribution in [1.82, 2.24) is 9.97 Å². The standard InChI is InChI=1S/C8H11N3O2/c12-6-4-11(5-7(6)13)8-9-2-1-3-10-8/h1-3,6-7,12-13H,4-5H2. The molecule has 1 fully saturated rings. The van der Waals surface area contributed by atoms with Gasteiger partial charge >= 0.3 is 0 Å². The second-order valence-electron chi connectivity index (χ2n) is 3.09. The predicted octanol–water partition coefficient (Wildman–Crippen LogP) is -0.982. The molecule has 0 saturated carbocycles. The van der Waals surface area contributed by atoms with Gasteiger partial charge in [0.2, 0.25) is 5.95 Å². The Balaban J connectivity index is 2.12. The summed E-state index contributed by atoms with van der Waals surface area (Å²) in [6, 6.07) is 1.73. The zero-order chi connectivity index (χ0) is 9.26. The highest BCUT2D eigenvalue weighted by Gasteiger charge is 2.30. The third-order valence-electron chi connectivity index (χ3n) is 2.09. The van der Waals surface area contributed by atoms with Crippen LogP contribution in [0.15, 0.2) is 18.5 Å². The van der Waals surface area contributed by atoms with Gasteiger partial charge in [-0.3, -0.25) is 0 Å². The summed E-state index contributed by atoms with van der Waals surface area (Å²) in [5.74, 6) is 0.554. The molecule has 2 heterocycles. The van der Waals surface area contributed by atoms with Crippen molar-refractivity contribution in [3.05, 3.63) is 18.5 Å². The maximum Gasteiger partial charge on any atom is 0.225 e. The molecule has 1 aliphatic rings. The van der Waals surface area contributed by atoms with E-state index in [-0.39, 0.29) is 0 Å². The van der Waals surface area contributed by atoms with Crippen molar-refractivity contribution in [3.63, 3.8) is 0 Å². The predicted molar refractivity (Wildman–Crippen MR) is 46.3 cm³/mol. The number of nitrogens with zero attached hydrogens (tertiary/aromatic N) is 3. The number of aliphatic hydroxyl groups excluding tert-OH is 2. The topological polar surface area (TPSA) is 69.5 Å². The second kappa shape index (κ2) is 3.27. The number of hydrogen-bond donors (Lipinski definition) is 2. The van der Waals surface area contributed by atoms with Gasteiger partial charge in [-0.1, -0.05) is 0 Å². The molecule has 1 aliphatic heterocycles. The van der Waals surface area contributed by atoms with Gasteiger partial charge in [0, 0.05) is 25.5 Å². The average Bonchev–Trinajstić information content (AvgIpc) is 2.49. The minimum Gasteiger partial charge on any atom is -0.388 e. The van der Waals surface area contributed by atoms with Crippen molar-refractivity contribution in [3.8, 4) is 0 Å². The van der Waals surface area contributed by atoms with Gasteiger partial charge in [-0.15, -0.1) is 0 Å². The Morgan fingerprint density at radius 1 is 1.15 bits per heavy atom. The summed E-state index contributed by atoms with van der Waals surface area (Å²) in [5, 5.41) is 18.6. The molecule has 1 aromatic rings. The summed E-state index contributed by atoms with van der Waals surface area (Å²) < 4.78 is 0. The summed E-state index contributed by atoms with van der Waals surface area (Å²) in [6.45, 7) is 0.788. The van der Waals surface area contributed by atoms with Gasteiger partial charge in [0.25, 0.3) is 0 Å². The molecule has 2 N–H and O–H groups in total. The minimum atomic E-state index is -0.691. The molecule has 2 rings (SSSR count). The highest BCUT2D eigenvalue weighted by molar-refractivity contribution is 5.31. The molecular formula is C8H11N3O2. The van der Waals surface area contributed by atoms with Crippen LogP contribution in [0, 0.1) is 0 Å². The van der Waals surface area contributed by atoms with E-state index in [1.54, 1.807) is 23.4 Å². The molecule has 0 aliphatic carbocycles. The van der Waals surface area contributed by atoms with E-state index in [0.29, 0.717) is 19.0 Å². The molecule has 5 heteroatoms. The van der Waals surface area contributed by atoms with Crippen LogP contribution in [0.2, 0.25) is 0 Å². The number of β-amino-alcohol motifs (C(OH)–C–C–N with tert-alkyl or cyclic N) is 2. The van der Waals surface area contributed by atoms with Gasteiger partial charge in [0.05, 0.1) is 12.2 Å². The number of anilines is 1. The molecule has 70 valence electrons. The Morgan fingerprint density at radius 2 is 1.69 bits per heavy atom. The zero-order valence-electron chi connectivity index (χ0n) is 7.04. The third-order valence-corrected chi connectivity index (χ3v) is 2.09. The Kier molecular flexibility index (Phi) is 2.12. The van der Waals surface area contributed by atoms with E-state index in [0.717, 1.165) is 0 Å². The lowest BCUT2D eigenvalue weighted by Crippen LogP contribution is -2.23. The van der Waals surface area contributed by atoms with Crippen LogP contribution in [-0.2, 0) is 0 Å². The van der Waals surface area contributed by atoms with Gasteiger partial charge in [-0.2, -0.15) is 0 Å². The van der Waals surface area contributed by atoms with Crippen molar-refractivity contribution < 1.29 is 10.2 Å². The van der Waals surface area contributed by atoms with Gasteiger partial charge in [-0.25, -0.2) is 9.97 Å². The van der Waals surface area contributed by atoms with E-state index < -0.39 is 12.2 Å². The maximum absolute atomic E-state index is 9.28. The molecule has 0 bridgehead atoms. The summed E-state index contributed by atoms with van der Waals surface area (Å²) in [6.07, 6.45) is 1.89. The van der Waals surface area contributed by atoms with Crippen LogP contribution >= 0.6 is 0 Å². The van der Waals surface area contributed by atoms with Crippen LogP contribution in [0.25, 0.3) is 0 Å². The lowest BCUT2D eigenvalue weighted by atomic mass is 10.3. The fourth-order valence-electron chi connectivity index (χ4n) is 1.39. The van der Waals surface area contributed by atoms with Crippen molar-refractivity contribution in [2.75, 3.05) is 18.0 Å². The molecular weight excluding hydrogens is 170 g/mol. The molecule has 1 saturated heterocycles. The first-order valence-corrected chi connectivity index (χ1v) is 4.15. The highest BCUT2D eigenvalue weighted by Crippen LogP contribution is 2.15. The van der Waals surface area contributed by atoms with E-state index >= 15 is 0 Å². The molecule has 5 nitrogen and oxygen atoms in total. The minimum absolute atomic E-state index is 0.394. The number of aromatic nitrogens is 2. The summed E-state index contributed by atoms with van der Waals surface area (Å²) in [4.78, 5) is 9.80. The van der Waals surface area contributed by atoms with Crippen molar-refractivity contribution in [2.45, 2.75) is 12.2 Å². The van der Waals surface area contributed by atoms with E-state index in [1.165, 1.54) is 0 Å². The molecule has 2 atom stereocenters. The molecule has 13 heavy (non-hydrogen) atoms. The lowest BCUT2D eigenvalue weighted by molar-refractivity contribution is 0.0572. The number of rotatable bonds is 1. The fraction of sp³-hybridized carbons (Fsp3) is 0.500. The van der Waals surface area contributed by atoms with Crippen LogP contribution in [0.1, 0.15) is 0 Å². The normalized spacial score (nSPS) is 28.0. The van der Waals surface area contributed by atoms with Gasteiger partial charge in [-0.05, 0) is 6.07 Å². The van der Waals surface area contributed by atoms with Crippen LogP contribution < -0.4 is 4.90 Å². The zero-order valence-corrected chi connectivity index (χ0v) is 7.04. The Bertz CT molecular complexity index is 270. The first-order valence-electron chi connectivity index (χ1n) is 4.15. The molecule has 0 amide bonds. The van der Waals surface area contributed by atoms with Crippen molar-refractivity contribution in [1.29, 1.82) is 0 Å². The monoisotopic (exact) mass is 181 g/mol. The first kappa shape index (κ1) is 8.40. The molecule has 2 unspecified atom stereocenters. The van der Waals surface area contributed by atoms with E-state index in [9.17, 15) is 10.2 Å². The molecule has 0 radical (unpaired) electrons. The Labute approximate surface area is 75.7 Å². The number of aliphatic hydroxyl groups is 2.